The zero-order valence-electron chi connectivity index (χ0n) is 89.2. The molecule has 0 amide bonds. The summed E-state index contributed by atoms with van der Waals surface area (Å²) in [6.07, 6.45) is 44.6. The zero-order valence-corrected chi connectivity index (χ0v) is 89.2. The average molecular weight is 2020 g/mol. The number of rotatable bonds is 15. The van der Waals surface area contributed by atoms with Crippen molar-refractivity contribution in [2.75, 3.05) is 117 Å². The average Bonchev–Trinajstić information content (AvgIpc) is 1.41. The Morgan fingerprint density at radius 1 is 0.459 bits per heavy atom. The third-order valence-corrected chi connectivity index (χ3v) is 44.5. The summed E-state index contributed by atoms with van der Waals surface area (Å²) in [4.78, 5) is 20.3. The number of ketones is 1. The number of likely N-dealkylation sites (N-methyl/N-ethyl adjacent to an activating group) is 1. The van der Waals surface area contributed by atoms with Gasteiger partial charge in [-0.05, 0) is 267 Å². The molecule has 4 saturated heterocycles. The Balaban J connectivity index is 0.0000000885. The maximum Gasteiger partial charge on any atom is 0.174 e. The number of hydrogen-bond donors (Lipinski definition) is 4. The number of piperidine rings is 4. The number of nitrogens with zero attached hydrogens (tertiary/aromatic N) is 3. The summed E-state index contributed by atoms with van der Waals surface area (Å²) < 4.78 is 97.0. The fourth-order valence-corrected chi connectivity index (χ4v) is 37.8. The van der Waals surface area contributed by atoms with Crippen molar-refractivity contribution in [2.45, 2.75) is 310 Å². The van der Waals surface area contributed by atoms with Crippen molar-refractivity contribution in [2.24, 2.45) is 58.2 Å². The van der Waals surface area contributed by atoms with E-state index in [0.29, 0.717) is 73.2 Å². The number of benzene rings is 6. The molecule has 31 atom stereocenters. The smallest absolute Gasteiger partial charge is 0.174 e. The molecule has 27 aliphatic rings. The number of fused-ring (bicyclic) bond motifs is 2. The number of aliphatic hydroxyl groups is 2. The van der Waals surface area contributed by atoms with Crippen molar-refractivity contribution >= 4 is 5.78 Å². The van der Waals surface area contributed by atoms with Crippen LogP contribution in [0.5, 0.6) is 69.0 Å². The highest BCUT2D eigenvalue weighted by Gasteiger charge is 2.84. The molecule has 0 radical (unpaired) electrons. The SMILES string of the molecule is C=CCN1CC[C@]23c4c5ccc(O)c4OC2C(=O)CC[C@@]3(O)C1C5.COc1ccc2c3c1OC1C(OC)C=CC4C(C2)N(C)CC[C@@]341.COc1ccc2c3c1OC1C(OC)C=CC4C(C2)NCC[C@@]341.COc1ccc2c3c1OC1C(OC)C=CC4C(CCC[C@@]341)C2.COc1ccc2c3c1OC1C(OC)C=CC4C(CCC[C@@]341)C2.COc1ccc2c3c1OC1C4(OC)CCC5(CC4C(C)(O)C(C)(C)C)C(C2)N(CC2CC2)CC[C@]315. The molecular formula is C124H152N4O20. The highest BCUT2D eigenvalue weighted by Crippen LogP contribution is 2.80. The fraction of sp³-hybridized carbons (Fsp3) is 0.621. The number of likely N-dealkylation sites (tertiary alicyclic amines) is 3. The lowest BCUT2D eigenvalue weighted by Crippen LogP contribution is -2.83. The van der Waals surface area contributed by atoms with Gasteiger partial charge in [0.25, 0.3) is 0 Å². The molecule has 17 aliphatic carbocycles. The first kappa shape index (κ1) is 97.1. The first-order valence-electron chi connectivity index (χ1n) is 55.9. The molecule has 14 bridgehead atoms. The van der Waals surface area contributed by atoms with Gasteiger partial charge in [-0.3, -0.25) is 14.6 Å². The van der Waals surface area contributed by atoms with Gasteiger partial charge in [0.2, 0.25) is 0 Å². The lowest BCUT2D eigenvalue weighted by atomic mass is 9.33. The number of phenols is 1. The van der Waals surface area contributed by atoms with Crippen LogP contribution in [0.2, 0.25) is 0 Å². The van der Waals surface area contributed by atoms with Gasteiger partial charge in [0.05, 0.1) is 52.2 Å². The van der Waals surface area contributed by atoms with Crippen LogP contribution >= 0.6 is 0 Å². The minimum atomic E-state index is -1.00. The van der Waals surface area contributed by atoms with Crippen LogP contribution < -0.4 is 57.4 Å². The largest absolute Gasteiger partial charge is 0.504 e. The van der Waals surface area contributed by atoms with Gasteiger partial charge in [0.1, 0.15) is 60.5 Å². The van der Waals surface area contributed by atoms with Crippen molar-refractivity contribution in [3.8, 4) is 69.0 Å². The number of Topliss-reactive ketones (excluding diaryl/α,β-unsaturated/α-hetero) is 1. The summed E-state index contributed by atoms with van der Waals surface area (Å²) in [7, 11) is 19.9. The molecule has 10 aliphatic heterocycles. The van der Waals surface area contributed by atoms with E-state index in [4.69, 9.17) is 75.8 Å². The molecule has 24 nitrogen and oxygen atoms in total. The summed E-state index contributed by atoms with van der Waals surface area (Å²) in [6.45, 7) is 18.5. The van der Waals surface area contributed by atoms with Gasteiger partial charge < -0.3 is 101 Å². The molecule has 10 heterocycles. The number of methoxy groups -OCH3 is 10. The maximum absolute atomic E-state index is 12.6. The molecule has 0 aromatic heterocycles. The van der Waals surface area contributed by atoms with E-state index >= 15 is 0 Å². The molecular weight excluding hydrogens is 1870 g/mol. The number of phenolic OH excluding ortho intramolecular Hbond substituents is 1. The van der Waals surface area contributed by atoms with Crippen molar-refractivity contribution in [3.05, 3.63) is 201 Å². The second-order valence-corrected chi connectivity index (χ2v) is 50.1. The predicted molar refractivity (Wildman–Crippen MR) is 559 cm³/mol. The zero-order chi connectivity index (χ0) is 102. The van der Waals surface area contributed by atoms with Crippen LogP contribution in [0.1, 0.15) is 204 Å². The van der Waals surface area contributed by atoms with E-state index in [-0.39, 0.29) is 116 Å². The van der Waals surface area contributed by atoms with Crippen molar-refractivity contribution in [1.29, 1.82) is 0 Å². The summed E-state index contributed by atoms with van der Waals surface area (Å²) >= 11 is 0. The molecule has 24 heteroatoms. The molecule has 148 heavy (non-hydrogen) atoms. The predicted octanol–water partition coefficient (Wildman–Crippen LogP) is 16.5. The standard InChI is InChI=1S/C30H43NO4.C19H21NO4.C19H23NO3.2C19H22O3.C18H21NO3/c1-26(2,3)27(4,32)21-16-28-11-12-30(21,34-6)25-29(28)13-14-31(17-18-7-8-18)22(28)15-19-9-10-20(33-5)24(35-25)23(19)29;1-2-8-20-9-7-18-15-11-3-4-12(21)16(15)24-17(18)13(22)5-6-19(18,23)14(20)10-11;1-20-9-8-19-12-5-7-15(22-3)18(19)23-17-14(21-2)6-4-11(16(17)19)10-13(12)20;2*1-20-14-7-5-12-10-11-4-3-9-19-13(11)6-8-15(21-2)18(19)22-17(14)16(12)19;1-20-13-5-3-10-9-12-11-4-6-14(21-2)17-18(11,7-8-19-12)15(10)16(13)22-17/h9-10,18,21-22,25,32H,7-8,11-17H2,1-6H3;2-4,14,17,21,23H,1,5-10H2;4-7,12-13,15,18H,8-10H2,1-3H3;2*5-8,11,13,15,18H,3-4,9-10H2,1-2H3;3-6,11-12,14,17,19H,7-9H2,1-2H3/t21?,22?,25?,27?,28?,29-,30?;14?,17?,18-,19+;12?,13?,15?,18?,19-;2*11?,13?,15?,18?,19-;11?,12?,14?,17?,18-/m000000/s1. The van der Waals surface area contributed by atoms with Crippen LogP contribution in [0, 0.1) is 58.2 Å². The Morgan fingerprint density at radius 3 is 1.41 bits per heavy atom. The van der Waals surface area contributed by atoms with Gasteiger partial charge in [-0.15, -0.1) is 6.58 Å². The lowest BCUT2D eigenvalue weighted by Gasteiger charge is -2.75. The van der Waals surface area contributed by atoms with Gasteiger partial charge in [-0.1, -0.05) is 125 Å². The van der Waals surface area contributed by atoms with E-state index < -0.39 is 28.3 Å². The van der Waals surface area contributed by atoms with E-state index in [2.05, 4.69) is 165 Å². The highest BCUT2D eigenvalue weighted by molar-refractivity contribution is 5.90. The second-order valence-electron chi connectivity index (χ2n) is 50.1. The van der Waals surface area contributed by atoms with E-state index in [0.717, 1.165) is 177 Å². The normalized spacial score (nSPS) is 40.6. The van der Waals surface area contributed by atoms with Crippen molar-refractivity contribution < 1.29 is 95.9 Å². The van der Waals surface area contributed by atoms with E-state index in [1.54, 1.807) is 70.1 Å². The summed E-state index contributed by atoms with van der Waals surface area (Å²) in [5.74, 6) is 14.3. The van der Waals surface area contributed by atoms with Gasteiger partial charge in [-0.25, -0.2) is 0 Å². The summed E-state index contributed by atoms with van der Waals surface area (Å²) in [5.41, 5.74) is 13.3. The van der Waals surface area contributed by atoms with Crippen LogP contribution in [-0.2, 0) is 99.5 Å². The second kappa shape index (κ2) is 34.4. The minimum absolute atomic E-state index is 0.0112. The number of allylic oxidation sites excluding steroid dienone is 2. The van der Waals surface area contributed by atoms with Gasteiger partial charge in [0, 0.05) is 169 Å². The molecule has 24 unspecified atom stereocenters. The number of hydrogen-bond acceptors (Lipinski definition) is 24. The Morgan fingerprint density at radius 2 is 0.912 bits per heavy atom. The van der Waals surface area contributed by atoms with Crippen LogP contribution in [0.4, 0.5) is 0 Å². The Bertz CT molecular complexity index is 6240. The fourth-order valence-electron chi connectivity index (χ4n) is 37.8. The lowest BCUT2D eigenvalue weighted by molar-refractivity contribution is -0.312. The first-order chi connectivity index (χ1) is 71.7. The highest BCUT2D eigenvalue weighted by atomic mass is 16.6. The molecule has 33 rings (SSSR count). The Hall–Kier alpha value is -9.15. The monoisotopic (exact) mass is 2020 g/mol. The van der Waals surface area contributed by atoms with Gasteiger partial charge >= 0.3 is 0 Å². The third kappa shape index (κ3) is 12.5. The quantitative estimate of drug-likeness (QED) is 0.0698. The Labute approximate surface area is 871 Å². The van der Waals surface area contributed by atoms with Crippen molar-refractivity contribution in [1.82, 2.24) is 20.0 Å². The van der Waals surface area contributed by atoms with E-state index in [1.807, 2.05) is 25.3 Å². The van der Waals surface area contributed by atoms with Crippen molar-refractivity contribution in [3.63, 3.8) is 0 Å². The number of ether oxygens (including phenoxy) is 16. The molecule has 788 valence electrons. The van der Waals surface area contributed by atoms with E-state index in [1.165, 1.54) is 126 Å². The number of carbonyl (C=O) groups is 1. The molecule has 4 N–H and O–H groups in total. The molecule has 6 aromatic rings. The topological polar surface area (TPSA) is 247 Å². The summed E-state index contributed by atoms with van der Waals surface area (Å²) in [6, 6.07) is 26.8. The van der Waals surface area contributed by atoms with Gasteiger partial charge in [-0.2, -0.15) is 0 Å². The van der Waals surface area contributed by atoms with Crippen LogP contribution in [0.3, 0.4) is 0 Å². The summed E-state index contributed by atoms with van der Waals surface area (Å²) in [5, 5.41) is 38.1. The molecule has 6 aromatic carbocycles. The third-order valence-electron chi connectivity index (χ3n) is 44.5. The van der Waals surface area contributed by atoms with Crippen LogP contribution in [0.15, 0.2) is 134 Å². The maximum atomic E-state index is 12.6. The van der Waals surface area contributed by atoms with Gasteiger partial charge in [0.15, 0.2) is 80.9 Å². The first-order valence-corrected chi connectivity index (χ1v) is 55.9. The molecule has 11 fully saturated rings. The molecule has 7 spiro atoms. The minimum Gasteiger partial charge on any atom is -0.504 e. The number of carbonyl (C=O) groups excluding carboxylic acids is 1. The Kier molecular flexibility index (Phi) is 22.6. The van der Waals surface area contributed by atoms with Crippen LogP contribution in [0.25, 0.3) is 0 Å². The number of aromatic hydroxyl groups is 1. The molecule has 7 saturated carbocycles. The van der Waals surface area contributed by atoms with Crippen LogP contribution in [-0.4, -0.2) is 255 Å². The number of nitrogens with one attached hydrogen (secondary N) is 1. The van der Waals surface area contributed by atoms with E-state index in [9.17, 15) is 20.1 Å².